The maximum Gasteiger partial charge on any atom is 0.387 e. The Kier molecular flexibility index (Phi) is 5.02. The van der Waals surface area contributed by atoms with Crippen LogP contribution in [-0.2, 0) is 17.8 Å². The first-order chi connectivity index (χ1) is 11.2. The summed E-state index contributed by atoms with van der Waals surface area (Å²) in [5, 5.41) is 13.1. The SMILES string of the molecule is COCc1nnc(N[C@H]2CCCc3cc(OC(F)F)ccc32)s1. The average Bonchev–Trinajstić information content (AvgIpc) is 2.94. The van der Waals surface area contributed by atoms with E-state index in [4.69, 9.17) is 4.74 Å². The van der Waals surface area contributed by atoms with E-state index in [1.165, 1.54) is 11.3 Å². The zero-order valence-corrected chi connectivity index (χ0v) is 13.4. The van der Waals surface area contributed by atoms with Crippen molar-refractivity contribution >= 4 is 16.5 Å². The summed E-state index contributed by atoms with van der Waals surface area (Å²) in [4.78, 5) is 0. The summed E-state index contributed by atoms with van der Waals surface area (Å²) in [7, 11) is 1.62. The molecule has 5 nitrogen and oxygen atoms in total. The first-order valence-corrected chi connectivity index (χ1v) is 8.13. The van der Waals surface area contributed by atoms with E-state index in [1.54, 1.807) is 19.2 Å². The van der Waals surface area contributed by atoms with E-state index in [0.29, 0.717) is 6.61 Å². The number of alkyl halides is 2. The summed E-state index contributed by atoms with van der Waals surface area (Å²) in [6.07, 6.45) is 2.80. The normalized spacial score (nSPS) is 17.1. The van der Waals surface area contributed by atoms with Gasteiger partial charge in [-0.15, -0.1) is 10.2 Å². The number of methoxy groups -OCH3 is 1. The molecular formula is C15H17F2N3O2S. The number of nitrogens with zero attached hydrogens (tertiary/aromatic N) is 2. The van der Waals surface area contributed by atoms with Crippen LogP contribution >= 0.6 is 11.3 Å². The Morgan fingerprint density at radius 3 is 3.04 bits per heavy atom. The van der Waals surface area contributed by atoms with E-state index in [-0.39, 0.29) is 11.8 Å². The van der Waals surface area contributed by atoms with Crippen molar-refractivity contribution in [3.8, 4) is 5.75 Å². The van der Waals surface area contributed by atoms with E-state index >= 15 is 0 Å². The standard InChI is InChI=1S/C15H17F2N3O2S/c1-21-8-13-19-20-15(23-13)18-12-4-2-3-9-7-10(22-14(16)17)5-6-11(9)12/h5-7,12,14H,2-4,8H2,1H3,(H,18,20)/t12-/m0/s1. The fraction of sp³-hybridized carbons (Fsp3) is 0.467. The zero-order chi connectivity index (χ0) is 16.2. The van der Waals surface area contributed by atoms with E-state index in [1.807, 2.05) is 6.07 Å². The van der Waals surface area contributed by atoms with Crippen molar-refractivity contribution < 1.29 is 18.3 Å². The number of nitrogens with one attached hydrogen (secondary N) is 1. The average molecular weight is 341 g/mol. The van der Waals surface area contributed by atoms with Crippen LogP contribution in [0.15, 0.2) is 18.2 Å². The molecule has 0 unspecified atom stereocenters. The quantitative estimate of drug-likeness (QED) is 0.867. The largest absolute Gasteiger partial charge is 0.435 e. The van der Waals surface area contributed by atoms with Crippen molar-refractivity contribution in [1.82, 2.24) is 10.2 Å². The highest BCUT2D eigenvalue weighted by atomic mass is 32.1. The monoisotopic (exact) mass is 341 g/mol. The summed E-state index contributed by atoms with van der Waals surface area (Å²) >= 11 is 1.46. The predicted octanol–water partition coefficient (Wildman–Crippen LogP) is 3.78. The van der Waals surface area contributed by atoms with Crippen molar-refractivity contribution in [3.63, 3.8) is 0 Å². The summed E-state index contributed by atoms with van der Waals surface area (Å²) in [5.41, 5.74) is 2.13. The lowest BCUT2D eigenvalue weighted by molar-refractivity contribution is -0.0499. The molecule has 0 fully saturated rings. The molecule has 0 bridgehead atoms. The van der Waals surface area contributed by atoms with E-state index in [0.717, 1.165) is 40.5 Å². The van der Waals surface area contributed by atoms with Gasteiger partial charge in [0.15, 0.2) is 0 Å². The van der Waals surface area contributed by atoms with Gasteiger partial charge in [0.2, 0.25) is 5.13 Å². The van der Waals surface area contributed by atoms with Gasteiger partial charge in [0.1, 0.15) is 17.4 Å². The van der Waals surface area contributed by atoms with E-state index in [9.17, 15) is 8.78 Å². The van der Waals surface area contributed by atoms with Crippen molar-refractivity contribution in [2.75, 3.05) is 12.4 Å². The Labute approximate surface area is 136 Å². The predicted molar refractivity (Wildman–Crippen MR) is 83.0 cm³/mol. The van der Waals surface area contributed by atoms with Crippen LogP contribution in [-0.4, -0.2) is 23.9 Å². The minimum absolute atomic E-state index is 0.0997. The van der Waals surface area contributed by atoms with Crippen molar-refractivity contribution in [2.24, 2.45) is 0 Å². The summed E-state index contributed by atoms with van der Waals surface area (Å²) in [5.74, 6) is 0.206. The van der Waals surface area contributed by atoms with Gasteiger partial charge >= 0.3 is 6.61 Å². The molecule has 0 radical (unpaired) electrons. The van der Waals surface area contributed by atoms with Gasteiger partial charge in [-0.05, 0) is 42.5 Å². The Bertz CT molecular complexity index is 666. The Morgan fingerprint density at radius 1 is 1.39 bits per heavy atom. The number of hydrogen-bond acceptors (Lipinski definition) is 6. The Balaban J connectivity index is 1.75. The first kappa shape index (κ1) is 16.1. The van der Waals surface area contributed by atoms with Crippen LogP contribution in [0.4, 0.5) is 13.9 Å². The van der Waals surface area contributed by atoms with Gasteiger partial charge in [0, 0.05) is 7.11 Å². The molecule has 1 aliphatic carbocycles. The topological polar surface area (TPSA) is 56.3 Å². The van der Waals surface area contributed by atoms with Gasteiger partial charge in [0.05, 0.1) is 6.04 Å². The molecule has 8 heteroatoms. The van der Waals surface area contributed by atoms with Crippen LogP contribution in [0.2, 0.25) is 0 Å². The molecule has 1 heterocycles. The number of rotatable bonds is 6. The number of aryl methyl sites for hydroxylation is 1. The van der Waals surface area contributed by atoms with Gasteiger partial charge in [-0.3, -0.25) is 0 Å². The van der Waals surface area contributed by atoms with Gasteiger partial charge in [-0.25, -0.2) is 0 Å². The Morgan fingerprint density at radius 2 is 2.26 bits per heavy atom. The number of anilines is 1. The zero-order valence-electron chi connectivity index (χ0n) is 12.6. The molecule has 0 spiro atoms. The molecule has 1 N–H and O–H groups in total. The minimum atomic E-state index is -2.80. The molecule has 0 saturated carbocycles. The number of halogens is 2. The third-order valence-electron chi connectivity index (χ3n) is 3.69. The molecule has 3 rings (SSSR count). The number of aromatic nitrogens is 2. The third kappa shape index (κ3) is 3.94. The van der Waals surface area contributed by atoms with Crippen LogP contribution < -0.4 is 10.1 Å². The summed E-state index contributed by atoms with van der Waals surface area (Å²) in [6, 6.07) is 5.23. The lowest BCUT2D eigenvalue weighted by Crippen LogP contribution is -2.17. The smallest absolute Gasteiger partial charge is 0.387 e. The maximum atomic E-state index is 12.3. The number of benzene rings is 1. The molecule has 0 saturated heterocycles. The number of hydrogen-bond donors (Lipinski definition) is 1. The second-order valence-electron chi connectivity index (χ2n) is 5.26. The Hall–Kier alpha value is -1.80. The minimum Gasteiger partial charge on any atom is -0.435 e. The fourth-order valence-corrected chi connectivity index (χ4v) is 3.52. The molecular weight excluding hydrogens is 324 g/mol. The van der Waals surface area contributed by atoms with Crippen molar-refractivity contribution in [1.29, 1.82) is 0 Å². The third-order valence-corrected chi connectivity index (χ3v) is 4.51. The van der Waals surface area contributed by atoms with Crippen molar-refractivity contribution in [3.05, 3.63) is 34.3 Å². The van der Waals surface area contributed by atoms with Crippen LogP contribution in [0, 0.1) is 0 Å². The van der Waals surface area contributed by atoms with E-state index < -0.39 is 6.61 Å². The van der Waals surface area contributed by atoms with Crippen LogP contribution in [0.3, 0.4) is 0 Å². The molecule has 1 atom stereocenters. The second kappa shape index (κ2) is 7.18. The molecule has 1 aromatic heterocycles. The van der Waals surface area contributed by atoms with Gasteiger partial charge in [-0.1, -0.05) is 17.4 Å². The van der Waals surface area contributed by atoms with Crippen LogP contribution in [0.5, 0.6) is 5.75 Å². The highest BCUT2D eigenvalue weighted by Crippen LogP contribution is 2.35. The number of ether oxygens (including phenoxy) is 2. The van der Waals surface area contributed by atoms with Crippen LogP contribution in [0.1, 0.15) is 35.0 Å². The van der Waals surface area contributed by atoms with Gasteiger partial charge in [0.25, 0.3) is 0 Å². The number of fused-ring (bicyclic) bond motifs is 1. The lowest BCUT2D eigenvalue weighted by Gasteiger charge is -2.26. The second-order valence-corrected chi connectivity index (χ2v) is 6.32. The van der Waals surface area contributed by atoms with Gasteiger partial charge in [-0.2, -0.15) is 8.78 Å². The molecule has 0 amide bonds. The highest BCUT2D eigenvalue weighted by Gasteiger charge is 2.22. The molecule has 1 aromatic carbocycles. The molecule has 1 aliphatic rings. The van der Waals surface area contributed by atoms with E-state index in [2.05, 4.69) is 20.3 Å². The fourth-order valence-electron chi connectivity index (χ4n) is 2.76. The molecule has 23 heavy (non-hydrogen) atoms. The van der Waals surface area contributed by atoms with Gasteiger partial charge < -0.3 is 14.8 Å². The van der Waals surface area contributed by atoms with Crippen molar-refractivity contribution in [2.45, 2.75) is 38.5 Å². The lowest BCUT2D eigenvalue weighted by atomic mass is 9.87. The molecule has 0 aliphatic heterocycles. The maximum absolute atomic E-state index is 12.3. The highest BCUT2D eigenvalue weighted by molar-refractivity contribution is 7.15. The van der Waals surface area contributed by atoms with Crippen LogP contribution in [0.25, 0.3) is 0 Å². The summed E-state index contributed by atoms with van der Waals surface area (Å²) in [6.45, 7) is -2.36. The summed E-state index contributed by atoms with van der Waals surface area (Å²) < 4.78 is 34.2. The molecule has 2 aromatic rings. The first-order valence-electron chi connectivity index (χ1n) is 7.31. The molecule has 124 valence electrons.